The van der Waals surface area contributed by atoms with Crippen molar-refractivity contribution in [1.82, 2.24) is 14.8 Å². The number of aromatic nitrogens is 1. The van der Waals surface area contributed by atoms with E-state index in [0.29, 0.717) is 25.1 Å². The van der Waals surface area contributed by atoms with Gasteiger partial charge in [0.25, 0.3) is 5.91 Å². The van der Waals surface area contributed by atoms with Gasteiger partial charge in [-0.05, 0) is 68.9 Å². The van der Waals surface area contributed by atoms with Gasteiger partial charge < -0.3 is 23.9 Å². The molecule has 2 aromatic rings. The average molecular weight is 500 g/mol. The molecule has 1 fully saturated rings. The summed E-state index contributed by atoms with van der Waals surface area (Å²) in [6.07, 6.45) is 2.33. The highest BCUT2D eigenvalue weighted by Gasteiger charge is 2.43. The molecule has 0 aliphatic carbocycles. The van der Waals surface area contributed by atoms with Crippen molar-refractivity contribution in [2.24, 2.45) is 5.92 Å². The summed E-state index contributed by atoms with van der Waals surface area (Å²) in [4.78, 5) is 15.5. The standard InChI is InChI=1S/C28H45N3O3Si/c1-19(2)28(5,6)35(7,8)33-18-24-23-17-22(34-21-11-14-30(15-12-21)20(3)4)9-10-25(23)31-16-13-29-27(32)26(24)31/h9-10,17,19-21H,11-16,18H2,1-8H3,(H,29,32). The Morgan fingerprint density at radius 1 is 1.11 bits per heavy atom. The fourth-order valence-corrected chi connectivity index (χ4v) is 7.58. The summed E-state index contributed by atoms with van der Waals surface area (Å²) in [6, 6.07) is 6.92. The number of rotatable bonds is 8. The van der Waals surface area contributed by atoms with Crippen molar-refractivity contribution in [2.45, 2.75) is 97.8 Å². The summed E-state index contributed by atoms with van der Waals surface area (Å²) < 4.78 is 15.4. The van der Waals surface area contributed by atoms with Gasteiger partial charge in [0, 0.05) is 48.7 Å². The summed E-state index contributed by atoms with van der Waals surface area (Å²) in [6.45, 7) is 22.4. The molecule has 0 spiro atoms. The third kappa shape index (κ3) is 5.05. The minimum absolute atomic E-state index is 0.00262. The lowest BCUT2D eigenvalue weighted by Crippen LogP contribution is -2.45. The molecule has 0 unspecified atom stereocenters. The first-order chi connectivity index (χ1) is 16.4. The number of nitrogens with zero attached hydrogens (tertiary/aromatic N) is 2. The molecule has 4 rings (SSSR count). The Labute approximate surface area is 212 Å². The maximum atomic E-state index is 13.0. The molecule has 6 nitrogen and oxygen atoms in total. The molecule has 0 bridgehead atoms. The molecular formula is C28H45N3O3Si. The number of amides is 1. The van der Waals surface area contributed by atoms with E-state index >= 15 is 0 Å². The molecule has 1 amide bonds. The molecule has 2 aliphatic rings. The zero-order chi connectivity index (χ0) is 25.5. The summed E-state index contributed by atoms with van der Waals surface area (Å²) in [5, 5.41) is 4.24. The van der Waals surface area contributed by atoms with Crippen LogP contribution in [0.2, 0.25) is 18.1 Å². The molecule has 35 heavy (non-hydrogen) atoms. The number of ether oxygens (including phenoxy) is 1. The zero-order valence-electron chi connectivity index (χ0n) is 23.0. The second-order valence-electron chi connectivity index (χ2n) is 12.0. The van der Waals surface area contributed by atoms with Gasteiger partial charge in [0.15, 0.2) is 8.32 Å². The summed E-state index contributed by atoms with van der Waals surface area (Å²) in [7, 11) is -2.05. The van der Waals surface area contributed by atoms with Crippen LogP contribution in [0.15, 0.2) is 18.2 Å². The van der Waals surface area contributed by atoms with E-state index in [1.165, 1.54) is 0 Å². The molecule has 3 heterocycles. The predicted octanol–water partition coefficient (Wildman–Crippen LogP) is 5.79. The Morgan fingerprint density at radius 2 is 1.80 bits per heavy atom. The van der Waals surface area contributed by atoms with Crippen molar-refractivity contribution in [1.29, 1.82) is 0 Å². The highest BCUT2D eigenvalue weighted by molar-refractivity contribution is 6.74. The minimum atomic E-state index is -2.05. The van der Waals surface area contributed by atoms with Gasteiger partial charge in [0.1, 0.15) is 17.5 Å². The van der Waals surface area contributed by atoms with Gasteiger partial charge in [-0.15, -0.1) is 0 Å². The molecule has 194 valence electrons. The number of likely N-dealkylation sites (tertiary alicyclic amines) is 1. The number of piperidine rings is 1. The van der Waals surface area contributed by atoms with E-state index in [9.17, 15) is 4.79 Å². The molecule has 0 saturated carbocycles. The quantitative estimate of drug-likeness (QED) is 0.467. The van der Waals surface area contributed by atoms with Gasteiger partial charge in [-0.25, -0.2) is 0 Å². The Morgan fingerprint density at radius 3 is 2.43 bits per heavy atom. The Bertz CT molecular complexity index is 1070. The first-order valence-electron chi connectivity index (χ1n) is 13.4. The van der Waals surface area contributed by atoms with E-state index < -0.39 is 8.32 Å². The van der Waals surface area contributed by atoms with Crippen LogP contribution in [0.25, 0.3) is 10.9 Å². The van der Waals surface area contributed by atoms with Crippen molar-refractivity contribution in [3.8, 4) is 5.75 Å². The van der Waals surface area contributed by atoms with Gasteiger partial charge in [0.2, 0.25) is 0 Å². The number of fused-ring (bicyclic) bond motifs is 3. The van der Waals surface area contributed by atoms with Crippen LogP contribution in [0.4, 0.5) is 0 Å². The lowest BCUT2D eigenvalue weighted by molar-refractivity contribution is 0.0844. The fraction of sp³-hybridized carbons (Fsp3) is 0.679. The topological polar surface area (TPSA) is 55.7 Å². The predicted molar refractivity (Wildman–Crippen MR) is 146 cm³/mol. The van der Waals surface area contributed by atoms with Crippen LogP contribution in [0.1, 0.15) is 70.4 Å². The van der Waals surface area contributed by atoms with E-state index in [-0.39, 0.29) is 17.0 Å². The fourth-order valence-electron chi connectivity index (χ4n) is 5.32. The van der Waals surface area contributed by atoms with E-state index in [1.807, 2.05) is 0 Å². The Hall–Kier alpha value is -1.83. The number of nitrogens with one attached hydrogen (secondary N) is 1. The highest BCUT2D eigenvalue weighted by Crippen LogP contribution is 2.45. The summed E-state index contributed by atoms with van der Waals surface area (Å²) in [5.74, 6) is 1.41. The summed E-state index contributed by atoms with van der Waals surface area (Å²) >= 11 is 0. The van der Waals surface area contributed by atoms with Crippen LogP contribution in [-0.4, -0.2) is 55.5 Å². The van der Waals surface area contributed by atoms with Gasteiger partial charge in [-0.1, -0.05) is 27.7 Å². The average Bonchev–Trinajstić information content (AvgIpc) is 3.12. The maximum Gasteiger partial charge on any atom is 0.268 e. The molecule has 7 heteroatoms. The highest BCUT2D eigenvalue weighted by atomic mass is 28.4. The van der Waals surface area contributed by atoms with Crippen molar-refractivity contribution in [3.05, 3.63) is 29.5 Å². The van der Waals surface area contributed by atoms with Crippen LogP contribution >= 0.6 is 0 Å². The normalized spacial score (nSPS) is 18.4. The SMILES string of the molecule is CC(C)N1CCC(Oc2ccc3c(c2)c(CO[Si](C)(C)C(C)(C)C(C)C)c2n3CCNC2=O)CC1. The van der Waals surface area contributed by atoms with Gasteiger partial charge in [-0.2, -0.15) is 0 Å². The van der Waals surface area contributed by atoms with Crippen LogP contribution in [0, 0.1) is 5.92 Å². The van der Waals surface area contributed by atoms with Crippen molar-refractivity contribution < 1.29 is 14.0 Å². The maximum absolute atomic E-state index is 13.0. The van der Waals surface area contributed by atoms with Gasteiger partial charge >= 0.3 is 0 Å². The van der Waals surface area contributed by atoms with Crippen LogP contribution < -0.4 is 10.1 Å². The lowest BCUT2D eigenvalue weighted by Gasteiger charge is -2.42. The van der Waals surface area contributed by atoms with Crippen LogP contribution in [0.5, 0.6) is 5.75 Å². The molecule has 2 aliphatic heterocycles. The molecular weight excluding hydrogens is 454 g/mol. The molecule has 1 saturated heterocycles. The van der Waals surface area contributed by atoms with Gasteiger partial charge in [0.05, 0.1) is 6.61 Å². The van der Waals surface area contributed by atoms with Crippen molar-refractivity contribution in [3.63, 3.8) is 0 Å². The zero-order valence-corrected chi connectivity index (χ0v) is 24.0. The van der Waals surface area contributed by atoms with E-state index in [4.69, 9.17) is 9.16 Å². The molecule has 0 atom stereocenters. The third-order valence-electron chi connectivity index (χ3n) is 9.06. The first-order valence-corrected chi connectivity index (χ1v) is 16.3. The van der Waals surface area contributed by atoms with Crippen molar-refractivity contribution >= 4 is 25.1 Å². The van der Waals surface area contributed by atoms with Crippen LogP contribution in [0.3, 0.4) is 0 Å². The number of carbonyl (C=O) groups is 1. The third-order valence-corrected chi connectivity index (χ3v) is 13.6. The van der Waals surface area contributed by atoms with Crippen LogP contribution in [-0.2, 0) is 17.6 Å². The first kappa shape index (κ1) is 26.2. The Balaban J connectivity index is 1.63. The monoisotopic (exact) mass is 499 g/mol. The minimum Gasteiger partial charge on any atom is -0.490 e. The number of benzene rings is 1. The second kappa shape index (κ2) is 9.90. The molecule has 1 aromatic carbocycles. The van der Waals surface area contributed by atoms with Crippen molar-refractivity contribution in [2.75, 3.05) is 19.6 Å². The van der Waals surface area contributed by atoms with E-state index in [2.05, 4.69) is 87.6 Å². The van der Waals surface area contributed by atoms with E-state index in [0.717, 1.165) is 60.4 Å². The number of hydrogen-bond donors (Lipinski definition) is 1. The number of carbonyl (C=O) groups excluding carboxylic acids is 1. The summed E-state index contributed by atoms with van der Waals surface area (Å²) in [5.41, 5.74) is 2.84. The van der Waals surface area contributed by atoms with E-state index in [1.54, 1.807) is 0 Å². The lowest BCUT2D eigenvalue weighted by atomic mass is 9.99. The molecule has 0 radical (unpaired) electrons. The largest absolute Gasteiger partial charge is 0.490 e. The smallest absolute Gasteiger partial charge is 0.268 e. The molecule has 1 aromatic heterocycles. The Kier molecular flexibility index (Phi) is 7.42. The molecule has 1 N–H and O–H groups in total. The second-order valence-corrected chi connectivity index (χ2v) is 16.6. The number of hydrogen-bond acceptors (Lipinski definition) is 4. The van der Waals surface area contributed by atoms with Gasteiger partial charge in [-0.3, -0.25) is 4.79 Å².